The molecule has 0 bridgehead atoms. The lowest BCUT2D eigenvalue weighted by molar-refractivity contribution is -0.165. The van der Waals surface area contributed by atoms with Gasteiger partial charge < -0.3 is 18.9 Å². The van der Waals surface area contributed by atoms with Crippen molar-refractivity contribution in [3.05, 3.63) is 34.9 Å². The molecule has 3 heterocycles. The third-order valence-electron chi connectivity index (χ3n) is 4.23. The summed E-state index contributed by atoms with van der Waals surface area (Å²) in [6, 6.07) is 1.28. The number of rotatable bonds is 5. The van der Waals surface area contributed by atoms with Crippen LogP contribution in [-0.4, -0.2) is 57.6 Å². The number of nitrogens with zero attached hydrogens (tertiary/aromatic N) is 2. The van der Waals surface area contributed by atoms with Gasteiger partial charge in [-0.2, -0.15) is 4.98 Å². The quantitative estimate of drug-likeness (QED) is 0.368. The van der Waals surface area contributed by atoms with Crippen LogP contribution in [0.5, 0.6) is 0 Å². The fourth-order valence-electron chi connectivity index (χ4n) is 2.82. The van der Waals surface area contributed by atoms with Crippen molar-refractivity contribution in [1.82, 2.24) is 9.55 Å². The molecule has 0 aliphatic carbocycles. The first-order valence-corrected chi connectivity index (χ1v) is 8.71. The van der Waals surface area contributed by atoms with Gasteiger partial charge in [0.25, 0.3) is 0 Å². The van der Waals surface area contributed by atoms with Gasteiger partial charge in [-0.25, -0.2) is 14.4 Å². The second-order valence-corrected chi connectivity index (χ2v) is 6.60. The molecule has 4 atom stereocenters. The Balaban J connectivity index is 1.93. The van der Waals surface area contributed by atoms with Crippen LogP contribution in [0.3, 0.4) is 0 Å². The van der Waals surface area contributed by atoms with E-state index in [-0.39, 0.29) is 12.4 Å². The van der Waals surface area contributed by atoms with Crippen molar-refractivity contribution in [2.75, 3.05) is 12.1 Å². The van der Waals surface area contributed by atoms with Gasteiger partial charge in [-0.15, -0.1) is 0 Å². The van der Waals surface area contributed by atoms with Crippen LogP contribution in [0.25, 0.3) is 0 Å². The first-order chi connectivity index (χ1) is 13.8. The largest absolute Gasteiger partial charge is 0.463 e. The molecule has 156 valence electrons. The molecule has 2 aliphatic rings. The SMILES string of the molecule is CC(C)C(=O)OC[C@H]1O[C@@H](n2ccc(NO)nc2=O)[C@@H]2OC(=O)/C=C\C(=O)O[C@@H]21. The van der Waals surface area contributed by atoms with Crippen LogP contribution >= 0.6 is 0 Å². The minimum atomic E-state index is -1.21. The molecule has 12 heteroatoms. The Bertz CT molecular complexity index is 894. The van der Waals surface area contributed by atoms with Gasteiger partial charge in [-0.05, 0) is 6.07 Å². The zero-order valence-electron chi connectivity index (χ0n) is 15.5. The number of ether oxygens (including phenoxy) is 4. The average molecular weight is 409 g/mol. The Morgan fingerprint density at radius 2 is 1.90 bits per heavy atom. The summed E-state index contributed by atoms with van der Waals surface area (Å²) in [6.45, 7) is 3.00. The summed E-state index contributed by atoms with van der Waals surface area (Å²) in [5, 5.41) is 8.87. The van der Waals surface area contributed by atoms with Crippen LogP contribution < -0.4 is 11.2 Å². The third-order valence-corrected chi connectivity index (χ3v) is 4.23. The zero-order valence-corrected chi connectivity index (χ0v) is 15.5. The van der Waals surface area contributed by atoms with Crippen molar-refractivity contribution < 1.29 is 38.5 Å². The molecule has 2 N–H and O–H groups in total. The Hall–Kier alpha value is -3.25. The van der Waals surface area contributed by atoms with Crippen LogP contribution in [0.4, 0.5) is 5.82 Å². The van der Waals surface area contributed by atoms with Gasteiger partial charge in [-0.1, -0.05) is 13.8 Å². The molecule has 0 unspecified atom stereocenters. The lowest BCUT2D eigenvalue weighted by atomic mass is 10.1. The van der Waals surface area contributed by atoms with Crippen molar-refractivity contribution in [3.63, 3.8) is 0 Å². The number of anilines is 1. The first-order valence-electron chi connectivity index (χ1n) is 8.71. The van der Waals surface area contributed by atoms with Crippen LogP contribution in [0.2, 0.25) is 0 Å². The Morgan fingerprint density at radius 1 is 1.24 bits per heavy atom. The van der Waals surface area contributed by atoms with Gasteiger partial charge in [0, 0.05) is 18.3 Å². The van der Waals surface area contributed by atoms with Crippen LogP contribution in [0.15, 0.2) is 29.2 Å². The monoisotopic (exact) mass is 409 g/mol. The summed E-state index contributed by atoms with van der Waals surface area (Å²) in [5.74, 6) is -2.65. The Kier molecular flexibility index (Phi) is 5.94. The summed E-state index contributed by atoms with van der Waals surface area (Å²) in [6.07, 6.45) is -1.50. The van der Waals surface area contributed by atoms with E-state index in [1.165, 1.54) is 12.3 Å². The van der Waals surface area contributed by atoms with Crippen LogP contribution in [0, 0.1) is 5.92 Å². The topological polar surface area (TPSA) is 155 Å². The summed E-state index contributed by atoms with van der Waals surface area (Å²) in [4.78, 5) is 51.5. The number of hydrogen-bond acceptors (Lipinski definition) is 11. The van der Waals surface area contributed by atoms with Crippen molar-refractivity contribution in [2.24, 2.45) is 5.92 Å². The molecule has 29 heavy (non-hydrogen) atoms. The van der Waals surface area contributed by atoms with Gasteiger partial charge in [0.1, 0.15) is 12.7 Å². The van der Waals surface area contributed by atoms with Crippen molar-refractivity contribution in [2.45, 2.75) is 38.4 Å². The highest BCUT2D eigenvalue weighted by molar-refractivity contribution is 5.92. The standard InChI is InChI=1S/C17H19N3O9/c1-8(2)16(23)26-7-9-13-14(29-12(22)4-3-11(21)28-13)15(27-9)20-6-5-10(19-25)18-17(20)24/h3-6,8-9,13-15,25H,7H2,1-2H3,(H,18,19,24)/b4-3-/t9-,13-,14-,15-/m1/s1. The summed E-state index contributed by atoms with van der Waals surface area (Å²) in [5.41, 5.74) is 0.912. The predicted octanol–water partition coefficient (Wildman–Crippen LogP) is -0.466. The van der Waals surface area contributed by atoms with Crippen molar-refractivity contribution in [1.29, 1.82) is 0 Å². The van der Waals surface area contributed by atoms with E-state index in [1.807, 2.05) is 0 Å². The molecule has 0 amide bonds. The highest BCUT2D eigenvalue weighted by atomic mass is 16.7. The number of nitrogens with one attached hydrogen (secondary N) is 1. The zero-order chi connectivity index (χ0) is 21.1. The fraction of sp³-hybridized carbons (Fsp3) is 0.471. The van der Waals surface area contributed by atoms with E-state index in [9.17, 15) is 19.2 Å². The molecular formula is C17H19N3O9. The molecule has 3 rings (SSSR count). The molecular weight excluding hydrogens is 390 g/mol. The maximum atomic E-state index is 12.3. The Labute approximate surface area is 164 Å². The second kappa shape index (κ2) is 8.41. The van der Waals surface area contributed by atoms with E-state index in [1.54, 1.807) is 19.3 Å². The van der Waals surface area contributed by atoms with Crippen molar-refractivity contribution in [3.8, 4) is 0 Å². The molecule has 0 radical (unpaired) electrons. The lowest BCUT2D eigenvalue weighted by Gasteiger charge is -2.25. The molecule has 0 saturated carbocycles. The summed E-state index contributed by atoms with van der Waals surface area (Å²) in [7, 11) is 0. The summed E-state index contributed by atoms with van der Waals surface area (Å²) < 4.78 is 22.5. The number of fused-ring (bicyclic) bond motifs is 1. The third kappa shape index (κ3) is 4.43. The minimum Gasteiger partial charge on any atom is -0.463 e. The second-order valence-electron chi connectivity index (χ2n) is 6.60. The number of carbonyl (C=O) groups is 3. The molecule has 1 saturated heterocycles. The van der Waals surface area contributed by atoms with Gasteiger partial charge in [0.15, 0.2) is 24.3 Å². The number of carbonyl (C=O) groups excluding carboxylic acids is 3. The minimum absolute atomic E-state index is 0.104. The normalized spacial score (nSPS) is 27.3. The van der Waals surface area contributed by atoms with Gasteiger partial charge >= 0.3 is 23.6 Å². The maximum absolute atomic E-state index is 12.3. The van der Waals surface area contributed by atoms with Crippen LogP contribution in [-0.2, 0) is 33.3 Å². The average Bonchev–Trinajstić information content (AvgIpc) is 2.99. The van der Waals surface area contributed by atoms with E-state index in [0.29, 0.717) is 0 Å². The first kappa shape index (κ1) is 20.5. The molecule has 0 spiro atoms. The highest BCUT2D eigenvalue weighted by Gasteiger charge is 2.51. The van der Waals surface area contributed by atoms with Crippen molar-refractivity contribution >= 4 is 23.7 Å². The fourth-order valence-corrected chi connectivity index (χ4v) is 2.82. The van der Waals surface area contributed by atoms with E-state index in [0.717, 1.165) is 16.7 Å². The van der Waals surface area contributed by atoms with E-state index in [4.69, 9.17) is 24.2 Å². The van der Waals surface area contributed by atoms with Gasteiger partial charge in [0.05, 0.1) is 5.92 Å². The molecule has 1 fully saturated rings. The number of esters is 3. The number of hydrogen-bond donors (Lipinski definition) is 2. The number of aromatic nitrogens is 2. The van der Waals surface area contributed by atoms with Gasteiger partial charge in [-0.3, -0.25) is 20.0 Å². The highest BCUT2D eigenvalue weighted by Crippen LogP contribution is 2.34. The lowest BCUT2D eigenvalue weighted by Crippen LogP contribution is -2.43. The maximum Gasteiger partial charge on any atom is 0.351 e. The molecule has 1 aromatic heterocycles. The molecule has 0 aromatic carbocycles. The van der Waals surface area contributed by atoms with Crippen LogP contribution in [0.1, 0.15) is 20.1 Å². The molecule has 1 aromatic rings. The molecule has 12 nitrogen and oxygen atoms in total. The van der Waals surface area contributed by atoms with Gasteiger partial charge in [0.2, 0.25) is 0 Å². The Morgan fingerprint density at radius 3 is 2.48 bits per heavy atom. The van der Waals surface area contributed by atoms with E-state index < -0.39 is 54.1 Å². The van der Waals surface area contributed by atoms with E-state index >= 15 is 0 Å². The smallest absolute Gasteiger partial charge is 0.351 e. The molecule has 2 aliphatic heterocycles. The predicted molar refractivity (Wildman–Crippen MR) is 92.5 cm³/mol. The summed E-state index contributed by atoms with van der Waals surface area (Å²) >= 11 is 0. The van der Waals surface area contributed by atoms with E-state index in [2.05, 4.69) is 4.98 Å².